The van der Waals surface area contributed by atoms with Crippen LogP contribution in [-0.4, -0.2) is 17.6 Å². The molecular formula is C11H10Cl2N2O2. The van der Waals surface area contributed by atoms with Crippen molar-refractivity contribution in [2.75, 3.05) is 6.61 Å². The second kappa shape index (κ2) is 5.35. The molecule has 1 aromatic heterocycles. The summed E-state index contributed by atoms with van der Waals surface area (Å²) >= 11 is 11.6. The summed E-state index contributed by atoms with van der Waals surface area (Å²) in [5.41, 5.74) is -1.39. The van der Waals surface area contributed by atoms with E-state index in [1.165, 1.54) is 19.2 Å². The van der Waals surface area contributed by atoms with Crippen LogP contribution in [0.5, 0.6) is 0 Å². The molecule has 1 atom stereocenters. The van der Waals surface area contributed by atoms with Crippen LogP contribution in [0.2, 0.25) is 10.0 Å². The second-order valence-electron chi connectivity index (χ2n) is 3.44. The van der Waals surface area contributed by atoms with Crippen molar-refractivity contribution in [3.8, 4) is 6.07 Å². The van der Waals surface area contributed by atoms with Gasteiger partial charge in [0, 0.05) is 6.20 Å². The third kappa shape index (κ3) is 2.68. The summed E-state index contributed by atoms with van der Waals surface area (Å²) in [5, 5.41) is 9.64. The first-order chi connectivity index (χ1) is 7.95. The van der Waals surface area contributed by atoms with Crippen LogP contribution >= 0.6 is 23.2 Å². The molecule has 1 heterocycles. The number of esters is 1. The molecule has 90 valence electrons. The van der Waals surface area contributed by atoms with E-state index in [2.05, 4.69) is 4.98 Å². The summed E-state index contributed by atoms with van der Waals surface area (Å²) in [5.74, 6) is -0.681. The lowest BCUT2D eigenvalue weighted by molar-refractivity contribution is -0.147. The minimum atomic E-state index is -1.53. The number of nitriles is 1. The van der Waals surface area contributed by atoms with Crippen molar-refractivity contribution in [3.63, 3.8) is 0 Å². The largest absolute Gasteiger partial charge is 0.465 e. The van der Waals surface area contributed by atoms with Gasteiger partial charge in [-0.25, -0.2) is 4.79 Å². The summed E-state index contributed by atoms with van der Waals surface area (Å²) in [6.07, 6.45) is 1.33. The summed E-state index contributed by atoms with van der Waals surface area (Å²) in [4.78, 5) is 15.7. The number of hydrogen-bond donors (Lipinski definition) is 0. The van der Waals surface area contributed by atoms with E-state index in [0.29, 0.717) is 5.02 Å². The number of rotatable bonds is 3. The SMILES string of the molecule is CCOC(=O)C(C)(C#N)c1ncc(Cl)cc1Cl. The highest BCUT2D eigenvalue weighted by molar-refractivity contribution is 6.35. The first-order valence-corrected chi connectivity index (χ1v) is 5.61. The average molecular weight is 273 g/mol. The maximum absolute atomic E-state index is 11.8. The standard InChI is InChI=1S/C11H10Cl2N2O2/c1-3-17-10(16)11(2,6-14)9-8(13)4-7(12)5-15-9/h4-5H,3H2,1-2H3. The Hall–Kier alpha value is -1.31. The van der Waals surface area contributed by atoms with E-state index in [1.807, 2.05) is 6.07 Å². The zero-order chi connectivity index (χ0) is 13.1. The fourth-order valence-electron chi connectivity index (χ4n) is 1.25. The van der Waals surface area contributed by atoms with Gasteiger partial charge in [-0.05, 0) is 19.9 Å². The van der Waals surface area contributed by atoms with Gasteiger partial charge in [-0.1, -0.05) is 23.2 Å². The van der Waals surface area contributed by atoms with Crippen LogP contribution in [0, 0.1) is 11.3 Å². The maximum atomic E-state index is 11.8. The first-order valence-electron chi connectivity index (χ1n) is 4.85. The molecule has 0 N–H and O–H groups in total. The molecule has 0 saturated carbocycles. The van der Waals surface area contributed by atoms with Gasteiger partial charge < -0.3 is 4.74 Å². The van der Waals surface area contributed by atoms with E-state index in [9.17, 15) is 4.79 Å². The van der Waals surface area contributed by atoms with Crippen molar-refractivity contribution in [3.05, 3.63) is 28.0 Å². The summed E-state index contributed by atoms with van der Waals surface area (Å²) in [6.45, 7) is 3.25. The molecule has 1 rings (SSSR count). The monoisotopic (exact) mass is 272 g/mol. The minimum Gasteiger partial charge on any atom is -0.465 e. The quantitative estimate of drug-likeness (QED) is 0.794. The minimum absolute atomic E-state index is 0.143. The molecule has 0 radical (unpaired) electrons. The Balaban J connectivity index is 3.26. The first kappa shape index (κ1) is 13.8. The summed E-state index contributed by atoms with van der Waals surface area (Å²) < 4.78 is 4.84. The van der Waals surface area contributed by atoms with Crippen LogP contribution in [-0.2, 0) is 14.9 Å². The highest BCUT2D eigenvalue weighted by Gasteiger charge is 2.40. The number of carbonyl (C=O) groups excluding carboxylic acids is 1. The van der Waals surface area contributed by atoms with Crippen LogP contribution in [0.1, 0.15) is 19.5 Å². The number of nitrogens with zero attached hydrogens (tertiary/aromatic N) is 2. The van der Waals surface area contributed by atoms with E-state index in [1.54, 1.807) is 6.92 Å². The van der Waals surface area contributed by atoms with Gasteiger partial charge >= 0.3 is 5.97 Å². The van der Waals surface area contributed by atoms with Gasteiger partial charge in [-0.3, -0.25) is 4.98 Å². The predicted octanol–water partition coefficient (Wildman–Crippen LogP) is 2.73. The van der Waals surface area contributed by atoms with Gasteiger partial charge in [-0.2, -0.15) is 5.26 Å². The molecule has 0 amide bonds. The number of aromatic nitrogens is 1. The van der Waals surface area contributed by atoms with Gasteiger partial charge in [-0.15, -0.1) is 0 Å². The molecule has 0 saturated heterocycles. The lowest BCUT2D eigenvalue weighted by Crippen LogP contribution is -2.34. The Kier molecular flexibility index (Phi) is 4.33. The van der Waals surface area contributed by atoms with E-state index in [-0.39, 0.29) is 17.3 Å². The van der Waals surface area contributed by atoms with E-state index < -0.39 is 11.4 Å². The van der Waals surface area contributed by atoms with Gasteiger partial charge in [0.2, 0.25) is 0 Å². The van der Waals surface area contributed by atoms with Crippen LogP contribution in [0.15, 0.2) is 12.3 Å². The van der Waals surface area contributed by atoms with E-state index in [4.69, 9.17) is 33.2 Å². The second-order valence-corrected chi connectivity index (χ2v) is 4.28. The third-order valence-electron chi connectivity index (χ3n) is 2.19. The van der Waals surface area contributed by atoms with Crippen LogP contribution in [0.3, 0.4) is 0 Å². The number of pyridine rings is 1. The molecule has 1 aromatic rings. The molecule has 0 aliphatic heterocycles. The zero-order valence-electron chi connectivity index (χ0n) is 9.33. The van der Waals surface area contributed by atoms with Crippen molar-refractivity contribution in [1.29, 1.82) is 5.26 Å². The molecule has 0 aliphatic carbocycles. The van der Waals surface area contributed by atoms with Crippen LogP contribution in [0.25, 0.3) is 0 Å². The normalized spacial score (nSPS) is 13.6. The van der Waals surface area contributed by atoms with Crippen LogP contribution < -0.4 is 0 Å². The molecule has 0 aromatic carbocycles. The fourth-order valence-corrected chi connectivity index (χ4v) is 1.82. The molecule has 6 heteroatoms. The number of halogens is 2. The highest BCUT2D eigenvalue weighted by atomic mass is 35.5. The molecule has 0 bridgehead atoms. The van der Waals surface area contributed by atoms with E-state index >= 15 is 0 Å². The predicted molar refractivity (Wildman–Crippen MR) is 63.9 cm³/mol. The van der Waals surface area contributed by atoms with Crippen molar-refractivity contribution >= 4 is 29.2 Å². The number of hydrogen-bond acceptors (Lipinski definition) is 4. The lowest BCUT2D eigenvalue weighted by Gasteiger charge is -2.19. The molecule has 4 nitrogen and oxygen atoms in total. The maximum Gasteiger partial charge on any atom is 0.332 e. The zero-order valence-corrected chi connectivity index (χ0v) is 10.8. The molecule has 0 aliphatic rings. The van der Waals surface area contributed by atoms with Crippen LogP contribution in [0.4, 0.5) is 0 Å². The lowest BCUT2D eigenvalue weighted by atomic mass is 9.88. The van der Waals surface area contributed by atoms with E-state index in [0.717, 1.165) is 0 Å². The summed E-state index contributed by atoms with van der Waals surface area (Å²) in [6, 6.07) is 3.31. The fraction of sp³-hybridized carbons (Fsp3) is 0.364. The Morgan fingerprint density at radius 2 is 2.29 bits per heavy atom. The van der Waals surface area contributed by atoms with Gasteiger partial charge in [0.15, 0.2) is 5.41 Å². The van der Waals surface area contributed by atoms with Gasteiger partial charge in [0.05, 0.1) is 28.4 Å². The van der Waals surface area contributed by atoms with Gasteiger partial charge in [0.1, 0.15) is 0 Å². The molecule has 17 heavy (non-hydrogen) atoms. The Morgan fingerprint density at radius 1 is 1.65 bits per heavy atom. The molecule has 0 fully saturated rings. The number of ether oxygens (including phenoxy) is 1. The van der Waals surface area contributed by atoms with Crippen molar-refractivity contribution in [2.45, 2.75) is 19.3 Å². The molecular weight excluding hydrogens is 263 g/mol. The van der Waals surface area contributed by atoms with Crippen molar-refractivity contribution in [2.24, 2.45) is 0 Å². The third-order valence-corrected chi connectivity index (χ3v) is 2.68. The van der Waals surface area contributed by atoms with Gasteiger partial charge in [0.25, 0.3) is 0 Å². The highest BCUT2D eigenvalue weighted by Crippen LogP contribution is 2.30. The smallest absolute Gasteiger partial charge is 0.332 e. The molecule has 1 unspecified atom stereocenters. The number of carbonyl (C=O) groups is 1. The van der Waals surface area contributed by atoms with Crippen molar-refractivity contribution in [1.82, 2.24) is 4.98 Å². The summed E-state index contributed by atoms with van der Waals surface area (Å²) in [7, 11) is 0. The Bertz CT molecular complexity index is 485. The van der Waals surface area contributed by atoms with Crippen molar-refractivity contribution < 1.29 is 9.53 Å². The Morgan fingerprint density at radius 3 is 2.76 bits per heavy atom. The topological polar surface area (TPSA) is 63.0 Å². The Labute approximate surface area is 109 Å². The average Bonchev–Trinajstić information content (AvgIpc) is 2.28. The molecule has 0 spiro atoms.